The van der Waals surface area contributed by atoms with Crippen LogP contribution in [0.25, 0.3) is 0 Å². The molecule has 0 unspecified atom stereocenters. The second-order valence-electron chi connectivity index (χ2n) is 0.747. The molecule has 0 saturated carbocycles. The van der Waals surface area contributed by atoms with Crippen molar-refractivity contribution in [2.75, 3.05) is 13.8 Å². The number of aliphatic hydroxyl groups is 1. The quantitative estimate of drug-likeness (QED) is 0.269. The zero-order valence-electron chi connectivity index (χ0n) is 3.46. The van der Waals surface area contributed by atoms with Gasteiger partial charge in [-0.25, -0.2) is 0 Å². The number of aliphatic hydroxyl groups excluding tert-OH is 1. The predicted octanol–water partition coefficient (Wildman–Crippen LogP) is -0.472. The topological polar surface area (TPSA) is 58.7 Å². The van der Waals surface area contributed by atoms with Crippen molar-refractivity contribution in [3.8, 4) is 0 Å². The molecule has 0 aromatic carbocycles. The lowest BCUT2D eigenvalue weighted by atomic mass is 11.3. The van der Waals surface area contributed by atoms with Crippen LogP contribution < -0.4 is 0 Å². The van der Waals surface area contributed by atoms with E-state index in [0.717, 1.165) is 0 Å². The van der Waals surface area contributed by atoms with Crippen LogP contribution in [0.1, 0.15) is 0 Å². The van der Waals surface area contributed by atoms with Crippen molar-refractivity contribution >= 4 is 0 Å². The van der Waals surface area contributed by atoms with Gasteiger partial charge in [-0.3, -0.25) is 0 Å². The smallest absolute Gasteiger partial charge is 0.198 e. The minimum Gasteiger partial charge on any atom is -0.600 e. The highest BCUT2D eigenvalue weighted by atomic mass is 16.5. The van der Waals surface area contributed by atoms with Crippen molar-refractivity contribution in [2.45, 2.75) is 0 Å². The molecule has 0 saturated heterocycles. The fourth-order valence-electron chi connectivity index (χ4n) is 0.0891. The lowest BCUT2D eigenvalue weighted by molar-refractivity contribution is -0.502. The number of hydroxylamine groups is 1. The number of nitrogens with zero attached hydrogens (tertiary/aromatic N) is 2. The summed E-state index contributed by atoms with van der Waals surface area (Å²) in [4.78, 5) is 0.306. The van der Waals surface area contributed by atoms with E-state index in [1.807, 2.05) is 0 Å². The number of hydrogen-bond acceptors (Lipinski definition) is 3. The van der Waals surface area contributed by atoms with E-state index in [-0.39, 0.29) is 0 Å². The Kier molecular flexibility index (Phi) is 2.31. The molecule has 0 atom stereocenters. The number of azo groups is 1. The molecule has 0 radical (unpaired) electrons. The van der Waals surface area contributed by atoms with Crippen molar-refractivity contribution in [3.05, 3.63) is 5.21 Å². The molecule has 0 aromatic rings. The van der Waals surface area contributed by atoms with Gasteiger partial charge >= 0.3 is 0 Å². The van der Waals surface area contributed by atoms with Crippen molar-refractivity contribution in [3.63, 3.8) is 0 Å². The van der Waals surface area contributed by atoms with Gasteiger partial charge in [0.25, 0.3) is 0 Å². The van der Waals surface area contributed by atoms with Crippen LogP contribution in [0.2, 0.25) is 0 Å². The van der Waals surface area contributed by atoms with Crippen molar-refractivity contribution < 1.29 is 9.97 Å². The molecule has 0 aliphatic rings. The van der Waals surface area contributed by atoms with Gasteiger partial charge in [0.1, 0.15) is 0 Å². The molecular weight excluding hydrogens is 84.0 g/mol. The van der Waals surface area contributed by atoms with Crippen LogP contribution >= 0.6 is 0 Å². The SMILES string of the molecule is C/[N+]([O-])=N\CO. The standard InChI is InChI=1S/C2H6N2O2/c1-4(6)3-2-5/h5H,2H2,1H3/b4-3+. The van der Waals surface area contributed by atoms with Gasteiger partial charge in [0.05, 0.1) is 0 Å². The van der Waals surface area contributed by atoms with Crippen molar-refractivity contribution in [1.29, 1.82) is 0 Å². The van der Waals surface area contributed by atoms with E-state index in [9.17, 15) is 5.21 Å². The Hall–Kier alpha value is -0.640. The predicted molar refractivity (Wildman–Crippen MR) is 19.1 cm³/mol. The lowest BCUT2D eigenvalue weighted by Gasteiger charge is -1.85. The van der Waals surface area contributed by atoms with Gasteiger partial charge in [0.2, 0.25) is 0 Å². The summed E-state index contributed by atoms with van der Waals surface area (Å²) in [5.41, 5.74) is 0. The molecule has 0 bridgehead atoms. The summed E-state index contributed by atoms with van der Waals surface area (Å²) in [6.07, 6.45) is 0. The molecule has 0 amide bonds. The zero-order valence-corrected chi connectivity index (χ0v) is 3.46. The molecule has 4 heteroatoms. The highest BCUT2D eigenvalue weighted by molar-refractivity contribution is 3.97. The van der Waals surface area contributed by atoms with Crippen LogP contribution in [0.3, 0.4) is 0 Å². The second kappa shape index (κ2) is 2.59. The summed E-state index contributed by atoms with van der Waals surface area (Å²) in [6, 6.07) is 0. The molecule has 6 heavy (non-hydrogen) atoms. The van der Waals surface area contributed by atoms with Gasteiger partial charge in [-0.1, -0.05) is 4.86 Å². The Morgan fingerprint density at radius 2 is 2.50 bits per heavy atom. The summed E-state index contributed by atoms with van der Waals surface area (Å²) in [5, 5.41) is 20.4. The van der Waals surface area contributed by atoms with E-state index in [1.165, 1.54) is 7.05 Å². The van der Waals surface area contributed by atoms with E-state index < -0.39 is 6.73 Å². The summed E-state index contributed by atoms with van der Waals surface area (Å²) in [5.74, 6) is 0. The Bertz CT molecular complexity index is 56.6. The molecule has 0 spiro atoms. The Labute approximate surface area is 35.3 Å². The van der Waals surface area contributed by atoms with Crippen LogP contribution in [0.15, 0.2) is 5.11 Å². The third kappa shape index (κ3) is 3.36. The summed E-state index contributed by atoms with van der Waals surface area (Å²) < 4.78 is 0. The first-order chi connectivity index (χ1) is 2.77. The molecule has 0 fully saturated rings. The molecule has 1 N–H and O–H groups in total. The third-order valence-corrected chi connectivity index (χ3v) is 0.262. The van der Waals surface area contributed by atoms with E-state index in [4.69, 9.17) is 5.11 Å². The molecule has 0 heterocycles. The van der Waals surface area contributed by atoms with Gasteiger partial charge in [-0.15, -0.1) is 0 Å². The highest BCUT2D eigenvalue weighted by Gasteiger charge is 1.70. The van der Waals surface area contributed by atoms with E-state index in [0.29, 0.717) is 4.86 Å². The largest absolute Gasteiger partial charge is 0.600 e. The highest BCUT2D eigenvalue weighted by Crippen LogP contribution is 1.61. The normalized spacial score (nSPS) is 12.0. The van der Waals surface area contributed by atoms with Gasteiger partial charge in [0.15, 0.2) is 13.8 Å². The average Bonchev–Trinajstić information content (AvgIpc) is 1.35. The molecule has 0 aliphatic carbocycles. The molecule has 0 aliphatic heterocycles. The first kappa shape index (κ1) is 5.36. The van der Waals surface area contributed by atoms with Gasteiger partial charge < -0.3 is 10.3 Å². The first-order valence-electron chi connectivity index (χ1n) is 1.46. The summed E-state index contributed by atoms with van der Waals surface area (Å²) >= 11 is 0. The molecule has 4 nitrogen and oxygen atoms in total. The molecule has 36 valence electrons. The van der Waals surface area contributed by atoms with Crippen LogP contribution in [0.5, 0.6) is 0 Å². The minimum atomic E-state index is -0.431. The van der Waals surface area contributed by atoms with Gasteiger partial charge in [-0.05, 0) is 5.11 Å². The summed E-state index contributed by atoms with van der Waals surface area (Å²) in [6.45, 7) is -0.431. The van der Waals surface area contributed by atoms with Gasteiger partial charge in [0, 0.05) is 0 Å². The zero-order chi connectivity index (χ0) is 4.99. The van der Waals surface area contributed by atoms with Gasteiger partial charge in [-0.2, -0.15) is 0 Å². The van der Waals surface area contributed by atoms with E-state index in [1.54, 1.807) is 0 Å². The Balaban J connectivity index is 3.14. The van der Waals surface area contributed by atoms with Crippen LogP contribution in [-0.4, -0.2) is 23.7 Å². The number of rotatable bonds is 1. The molecule has 0 aromatic heterocycles. The maximum absolute atomic E-state index is 9.63. The average molecular weight is 90.1 g/mol. The molecule has 0 rings (SSSR count). The third-order valence-electron chi connectivity index (χ3n) is 0.262. The van der Waals surface area contributed by atoms with Crippen LogP contribution in [0, 0.1) is 5.21 Å². The van der Waals surface area contributed by atoms with Crippen LogP contribution in [0.4, 0.5) is 0 Å². The Morgan fingerprint density at radius 1 is 2.00 bits per heavy atom. The molecular formula is C2H6N2O2. The lowest BCUT2D eigenvalue weighted by Crippen LogP contribution is -1.89. The monoisotopic (exact) mass is 90.0 g/mol. The maximum Gasteiger partial charge on any atom is 0.198 e. The Morgan fingerprint density at radius 3 is 2.50 bits per heavy atom. The summed E-state index contributed by atoms with van der Waals surface area (Å²) in [7, 11) is 1.20. The van der Waals surface area contributed by atoms with Crippen LogP contribution in [-0.2, 0) is 0 Å². The maximum atomic E-state index is 9.63. The number of hydrogen-bond donors (Lipinski definition) is 1. The van der Waals surface area contributed by atoms with E-state index in [2.05, 4.69) is 5.11 Å². The second-order valence-corrected chi connectivity index (χ2v) is 0.747. The van der Waals surface area contributed by atoms with Crippen molar-refractivity contribution in [1.82, 2.24) is 0 Å². The van der Waals surface area contributed by atoms with E-state index >= 15 is 0 Å². The first-order valence-corrected chi connectivity index (χ1v) is 1.46. The minimum absolute atomic E-state index is 0.306. The van der Waals surface area contributed by atoms with Crippen molar-refractivity contribution in [2.24, 2.45) is 5.11 Å². The fourth-order valence-corrected chi connectivity index (χ4v) is 0.0891. The fraction of sp³-hybridized carbons (Fsp3) is 1.00.